The summed E-state index contributed by atoms with van der Waals surface area (Å²) in [7, 11) is 0. The number of nitrogens with two attached hydrogens (primary N) is 1. The van der Waals surface area contributed by atoms with Crippen molar-refractivity contribution in [1.29, 1.82) is 0 Å². The van der Waals surface area contributed by atoms with Crippen LogP contribution in [-0.2, 0) is 0 Å². The third kappa shape index (κ3) is 2.16. The molecule has 2 atom stereocenters. The Bertz CT molecular complexity index is 81.1. The number of thioether (sulfide) groups is 1. The minimum Gasteiger partial charge on any atom is -0.392 e. The summed E-state index contributed by atoms with van der Waals surface area (Å²) in [4.78, 5) is 0. The Labute approximate surface area is 59.8 Å². The molecule has 0 amide bonds. The van der Waals surface area contributed by atoms with E-state index >= 15 is 0 Å². The van der Waals surface area contributed by atoms with Gasteiger partial charge in [0.2, 0.25) is 0 Å². The second-order valence-corrected chi connectivity index (χ2v) is 3.76. The van der Waals surface area contributed by atoms with Crippen LogP contribution in [-0.4, -0.2) is 28.8 Å². The zero-order valence-electron chi connectivity index (χ0n) is 5.42. The van der Waals surface area contributed by atoms with E-state index in [0.29, 0.717) is 5.25 Å². The molecule has 0 aliphatic carbocycles. The van der Waals surface area contributed by atoms with Crippen molar-refractivity contribution < 1.29 is 5.11 Å². The maximum atomic E-state index is 9.06. The first kappa shape index (κ1) is 7.38. The van der Waals surface area contributed by atoms with Gasteiger partial charge in [0.25, 0.3) is 0 Å². The van der Waals surface area contributed by atoms with Gasteiger partial charge in [-0.25, -0.2) is 0 Å². The molecule has 1 saturated heterocycles. The van der Waals surface area contributed by atoms with Gasteiger partial charge in [0, 0.05) is 17.5 Å². The Morgan fingerprint density at radius 3 is 2.78 bits per heavy atom. The summed E-state index contributed by atoms with van der Waals surface area (Å²) in [5.41, 5.74) is 5.45. The number of aliphatic hydroxyl groups is 1. The number of hydrogen-bond acceptors (Lipinski definition) is 3. The Balaban J connectivity index is 2.18. The summed E-state index contributed by atoms with van der Waals surface area (Å²) in [6, 6.07) is 0. The van der Waals surface area contributed by atoms with Crippen molar-refractivity contribution >= 4 is 11.8 Å². The normalized spacial score (nSPS) is 36.7. The average molecular weight is 147 g/mol. The standard InChI is InChI=1S/C6H13NOS/c7-3-6-2-1-5(8)4-9-6/h5-6,8H,1-4,7H2/t5-,6+/m0/s1. The molecule has 9 heavy (non-hydrogen) atoms. The maximum absolute atomic E-state index is 9.06. The average Bonchev–Trinajstić information content (AvgIpc) is 1.90. The minimum atomic E-state index is -0.0715. The van der Waals surface area contributed by atoms with Crippen LogP contribution in [0.25, 0.3) is 0 Å². The van der Waals surface area contributed by atoms with Gasteiger partial charge in [0.15, 0.2) is 0 Å². The summed E-state index contributed by atoms with van der Waals surface area (Å²) in [6.07, 6.45) is 1.95. The summed E-state index contributed by atoms with van der Waals surface area (Å²) < 4.78 is 0. The molecule has 0 radical (unpaired) electrons. The van der Waals surface area contributed by atoms with Crippen molar-refractivity contribution in [2.24, 2.45) is 5.73 Å². The van der Waals surface area contributed by atoms with Gasteiger partial charge < -0.3 is 10.8 Å². The first-order chi connectivity index (χ1) is 4.33. The highest BCUT2D eigenvalue weighted by Crippen LogP contribution is 2.23. The molecule has 1 fully saturated rings. The van der Waals surface area contributed by atoms with Crippen molar-refractivity contribution in [2.45, 2.75) is 24.2 Å². The fraction of sp³-hybridized carbons (Fsp3) is 1.00. The van der Waals surface area contributed by atoms with E-state index in [1.54, 1.807) is 11.8 Å². The van der Waals surface area contributed by atoms with Gasteiger partial charge in [-0.05, 0) is 12.8 Å². The van der Waals surface area contributed by atoms with Gasteiger partial charge in [0.05, 0.1) is 6.10 Å². The van der Waals surface area contributed by atoms with Gasteiger partial charge >= 0.3 is 0 Å². The van der Waals surface area contributed by atoms with Crippen molar-refractivity contribution in [3.05, 3.63) is 0 Å². The second kappa shape index (κ2) is 3.44. The molecule has 1 aliphatic rings. The first-order valence-electron chi connectivity index (χ1n) is 3.32. The SMILES string of the molecule is NC[C@H]1CC[C@H](O)CS1. The number of rotatable bonds is 1. The highest BCUT2D eigenvalue weighted by molar-refractivity contribution is 8.00. The lowest BCUT2D eigenvalue weighted by Gasteiger charge is -2.23. The third-order valence-corrected chi connectivity index (χ3v) is 3.09. The minimum absolute atomic E-state index is 0.0715. The molecular formula is C6H13NOS. The molecule has 54 valence electrons. The molecule has 0 bridgehead atoms. The predicted octanol–water partition coefficient (Wildman–Crippen LogP) is 0.202. The summed E-state index contributed by atoms with van der Waals surface area (Å²) >= 11 is 1.80. The Morgan fingerprint density at radius 1 is 1.56 bits per heavy atom. The van der Waals surface area contributed by atoms with Crippen LogP contribution in [0, 0.1) is 0 Å². The largest absolute Gasteiger partial charge is 0.392 e. The molecule has 3 N–H and O–H groups in total. The van der Waals surface area contributed by atoms with Crippen LogP contribution in [0.2, 0.25) is 0 Å². The van der Waals surface area contributed by atoms with Crippen molar-refractivity contribution in [2.75, 3.05) is 12.3 Å². The lowest BCUT2D eigenvalue weighted by Crippen LogP contribution is -2.26. The van der Waals surface area contributed by atoms with Gasteiger partial charge in [-0.2, -0.15) is 11.8 Å². The molecular weight excluding hydrogens is 134 g/mol. The van der Waals surface area contributed by atoms with Gasteiger partial charge in [-0.15, -0.1) is 0 Å². The quantitative estimate of drug-likeness (QED) is 0.557. The molecule has 0 aromatic rings. The zero-order chi connectivity index (χ0) is 6.69. The monoisotopic (exact) mass is 147 g/mol. The summed E-state index contributed by atoms with van der Waals surface area (Å²) in [5.74, 6) is 0.877. The number of hydrogen-bond donors (Lipinski definition) is 2. The van der Waals surface area contributed by atoms with Gasteiger partial charge in [0.1, 0.15) is 0 Å². The van der Waals surface area contributed by atoms with E-state index in [4.69, 9.17) is 10.8 Å². The molecule has 0 spiro atoms. The second-order valence-electron chi connectivity index (χ2n) is 2.42. The van der Waals surface area contributed by atoms with Gasteiger partial charge in [-0.1, -0.05) is 0 Å². The summed E-state index contributed by atoms with van der Waals surface area (Å²) in [5, 5.41) is 9.67. The molecule has 1 aliphatic heterocycles. The van der Waals surface area contributed by atoms with E-state index in [1.165, 1.54) is 0 Å². The fourth-order valence-corrected chi connectivity index (χ4v) is 2.08. The van der Waals surface area contributed by atoms with Crippen LogP contribution in [0.3, 0.4) is 0 Å². The maximum Gasteiger partial charge on any atom is 0.0631 e. The third-order valence-electron chi connectivity index (χ3n) is 1.61. The van der Waals surface area contributed by atoms with E-state index in [0.717, 1.165) is 25.1 Å². The lowest BCUT2D eigenvalue weighted by atomic mass is 10.1. The molecule has 0 aromatic carbocycles. The van der Waals surface area contributed by atoms with Crippen molar-refractivity contribution in [3.8, 4) is 0 Å². The predicted molar refractivity (Wildman–Crippen MR) is 40.5 cm³/mol. The van der Waals surface area contributed by atoms with E-state index in [9.17, 15) is 0 Å². The molecule has 1 rings (SSSR count). The Morgan fingerprint density at radius 2 is 2.33 bits per heavy atom. The molecule has 0 aromatic heterocycles. The molecule has 3 heteroatoms. The number of aliphatic hydroxyl groups excluding tert-OH is 1. The van der Waals surface area contributed by atoms with Crippen LogP contribution >= 0.6 is 11.8 Å². The molecule has 2 nitrogen and oxygen atoms in total. The first-order valence-corrected chi connectivity index (χ1v) is 4.37. The smallest absolute Gasteiger partial charge is 0.0631 e. The van der Waals surface area contributed by atoms with Crippen LogP contribution < -0.4 is 5.73 Å². The topological polar surface area (TPSA) is 46.2 Å². The molecule has 0 saturated carbocycles. The van der Waals surface area contributed by atoms with E-state index in [2.05, 4.69) is 0 Å². The van der Waals surface area contributed by atoms with E-state index in [1.807, 2.05) is 0 Å². The molecule has 0 unspecified atom stereocenters. The van der Waals surface area contributed by atoms with Crippen molar-refractivity contribution in [3.63, 3.8) is 0 Å². The van der Waals surface area contributed by atoms with E-state index in [-0.39, 0.29) is 6.10 Å². The highest BCUT2D eigenvalue weighted by atomic mass is 32.2. The zero-order valence-corrected chi connectivity index (χ0v) is 6.23. The van der Waals surface area contributed by atoms with Crippen LogP contribution in [0.15, 0.2) is 0 Å². The van der Waals surface area contributed by atoms with Crippen LogP contribution in [0.5, 0.6) is 0 Å². The molecule has 1 heterocycles. The fourth-order valence-electron chi connectivity index (χ4n) is 0.978. The van der Waals surface area contributed by atoms with Gasteiger partial charge in [-0.3, -0.25) is 0 Å². The Kier molecular flexibility index (Phi) is 2.82. The van der Waals surface area contributed by atoms with Crippen LogP contribution in [0.4, 0.5) is 0 Å². The van der Waals surface area contributed by atoms with Crippen molar-refractivity contribution in [1.82, 2.24) is 0 Å². The Hall–Kier alpha value is 0.270. The van der Waals surface area contributed by atoms with Crippen LogP contribution in [0.1, 0.15) is 12.8 Å². The highest BCUT2D eigenvalue weighted by Gasteiger charge is 2.17. The lowest BCUT2D eigenvalue weighted by molar-refractivity contribution is 0.181. The summed E-state index contributed by atoms with van der Waals surface area (Å²) in [6.45, 7) is 0.761. The van der Waals surface area contributed by atoms with E-state index < -0.39 is 0 Å².